The van der Waals surface area contributed by atoms with Crippen molar-refractivity contribution in [1.29, 1.82) is 0 Å². The van der Waals surface area contributed by atoms with Crippen molar-refractivity contribution >= 4 is 28.0 Å². The molecular weight excluding hydrogens is 389 g/mol. The summed E-state index contributed by atoms with van der Waals surface area (Å²) < 4.78 is 14.0. The lowest BCUT2D eigenvalue weighted by atomic mass is 9.94. The third kappa shape index (κ3) is 3.71. The number of carbonyl (C=O) groups is 1. The highest BCUT2D eigenvalue weighted by atomic mass is 32.1. The highest BCUT2D eigenvalue weighted by Crippen LogP contribution is 2.27. The minimum absolute atomic E-state index is 0.160. The molecule has 1 fully saturated rings. The second kappa shape index (κ2) is 8.06. The molecule has 3 heterocycles. The average molecular weight is 414 g/mol. The van der Waals surface area contributed by atoms with Crippen molar-refractivity contribution < 1.29 is 9.18 Å². The minimum atomic E-state index is -0.309. The number of benzene rings is 1. The fourth-order valence-corrected chi connectivity index (χ4v) is 4.79. The zero-order valence-corrected chi connectivity index (χ0v) is 17.5. The normalized spacial score (nSPS) is 15.2. The molecule has 1 aliphatic heterocycles. The molecule has 0 saturated carbocycles. The van der Waals surface area contributed by atoms with Crippen LogP contribution in [0.15, 0.2) is 34.4 Å². The Kier molecular flexibility index (Phi) is 5.50. The number of aromatic nitrogens is 2. The minimum Gasteiger partial charge on any atom is -0.337 e. The van der Waals surface area contributed by atoms with Gasteiger partial charge in [0.05, 0.1) is 17.7 Å². The van der Waals surface area contributed by atoms with E-state index < -0.39 is 0 Å². The van der Waals surface area contributed by atoms with E-state index in [4.69, 9.17) is 0 Å². The van der Waals surface area contributed by atoms with E-state index in [0.717, 1.165) is 23.3 Å². The van der Waals surface area contributed by atoms with Crippen molar-refractivity contribution in [3.05, 3.63) is 56.1 Å². The van der Waals surface area contributed by atoms with E-state index in [0.29, 0.717) is 47.6 Å². The summed E-state index contributed by atoms with van der Waals surface area (Å²) in [5.41, 5.74) is 1.83. The quantitative estimate of drug-likeness (QED) is 0.642. The first-order chi connectivity index (χ1) is 14.0. The number of piperidine rings is 1. The second-order valence-electron chi connectivity index (χ2n) is 7.69. The first-order valence-corrected chi connectivity index (χ1v) is 10.8. The van der Waals surface area contributed by atoms with Gasteiger partial charge in [-0.25, -0.2) is 0 Å². The number of fused-ring (bicyclic) bond motifs is 1. The van der Waals surface area contributed by atoms with E-state index in [9.17, 15) is 14.0 Å². The molecule has 1 aromatic carbocycles. The highest BCUT2D eigenvalue weighted by Gasteiger charge is 2.27. The lowest BCUT2D eigenvalue weighted by Crippen LogP contribution is -2.40. The van der Waals surface area contributed by atoms with E-state index in [1.807, 2.05) is 43.5 Å². The van der Waals surface area contributed by atoms with Crippen molar-refractivity contribution in [3.63, 3.8) is 0 Å². The molecule has 0 aliphatic carbocycles. The number of thiophene rings is 1. The summed E-state index contributed by atoms with van der Waals surface area (Å²) in [6.07, 6.45) is 2.17. The van der Waals surface area contributed by atoms with Gasteiger partial charge in [0.25, 0.3) is 11.5 Å². The summed E-state index contributed by atoms with van der Waals surface area (Å²) in [7, 11) is 0. The number of likely N-dealkylation sites (tertiary alicyclic amines) is 1. The van der Waals surface area contributed by atoms with Crippen LogP contribution < -0.4 is 5.56 Å². The zero-order valence-electron chi connectivity index (χ0n) is 16.7. The van der Waals surface area contributed by atoms with Gasteiger partial charge in [-0.3, -0.25) is 14.0 Å². The Morgan fingerprint density at radius 1 is 1.21 bits per heavy atom. The van der Waals surface area contributed by atoms with Gasteiger partial charge < -0.3 is 4.90 Å². The van der Waals surface area contributed by atoms with Crippen LogP contribution in [0.1, 0.15) is 40.2 Å². The summed E-state index contributed by atoms with van der Waals surface area (Å²) >= 11 is 1.46. The van der Waals surface area contributed by atoms with Crippen LogP contribution >= 0.6 is 11.3 Å². The van der Waals surface area contributed by atoms with Crippen LogP contribution in [-0.2, 0) is 0 Å². The average Bonchev–Trinajstić information content (AvgIpc) is 3.12. The van der Waals surface area contributed by atoms with Crippen molar-refractivity contribution in [2.75, 3.05) is 19.8 Å². The summed E-state index contributed by atoms with van der Waals surface area (Å²) in [4.78, 5) is 29.1. The van der Waals surface area contributed by atoms with Crippen LogP contribution in [0.2, 0.25) is 0 Å². The lowest BCUT2D eigenvalue weighted by Gasteiger charge is -2.31. The predicted octanol–water partition coefficient (Wildman–Crippen LogP) is 4.28. The second-order valence-corrected chi connectivity index (χ2v) is 8.78. The van der Waals surface area contributed by atoms with Gasteiger partial charge in [-0.15, -0.1) is 11.3 Å². The van der Waals surface area contributed by atoms with Crippen LogP contribution in [0, 0.1) is 19.8 Å². The largest absolute Gasteiger partial charge is 0.337 e. The smallest absolute Gasteiger partial charge is 0.280 e. The van der Waals surface area contributed by atoms with Crippen molar-refractivity contribution in [1.82, 2.24) is 14.7 Å². The maximum atomic E-state index is 13.3. The Balaban J connectivity index is 1.76. The molecule has 1 saturated heterocycles. The molecule has 0 unspecified atom stereocenters. The molecule has 0 bridgehead atoms. The third-order valence-corrected chi connectivity index (χ3v) is 6.65. The number of amides is 1. The Bertz CT molecular complexity index is 1100. The molecule has 0 radical (unpaired) electrons. The molecule has 0 spiro atoms. The van der Waals surface area contributed by atoms with Gasteiger partial charge in [-0.2, -0.15) is 9.78 Å². The zero-order chi connectivity index (χ0) is 20.5. The molecule has 0 N–H and O–H groups in total. The molecule has 2 aromatic heterocycles. The number of halogens is 1. The van der Waals surface area contributed by atoms with Crippen LogP contribution in [0.4, 0.5) is 4.39 Å². The van der Waals surface area contributed by atoms with Crippen LogP contribution in [0.3, 0.4) is 0 Å². The third-order valence-electron chi connectivity index (χ3n) is 5.74. The monoisotopic (exact) mass is 413 g/mol. The molecule has 3 aromatic rings. The molecule has 7 heteroatoms. The number of hydrogen-bond donors (Lipinski definition) is 0. The molecule has 152 valence electrons. The summed E-state index contributed by atoms with van der Waals surface area (Å²) in [5.74, 6) is 0.175. The first-order valence-electron chi connectivity index (χ1n) is 9.93. The fourth-order valence-electron chi connectivity index (χ4n) is 3.95. The maximum absolute atomic E-state index is 13.3. The van der Waals surface area contributed by atoms with E-state index in [1.54, 1.807) is 4.90 Å². The van der Waals surface area contributed by atoms with Gasteiger partial charge in [-0.1, -0.05) is 17.7 Å². The fraction of sp³-hybridized carbons (Fsp3) is 0.409. The lowest BCUT2D eigenvalue weighted by molar-refractivity contribution is 0.0678. The number of aryl methyl sites for hydroxylation is 2. The Labute approximate surface area is 172 Å². The molecule has 1 amide bonds. The van der Waals surface area contributed by atoms with Gasteiger partial charge in [0.15, 0.2) is 5.69 Å². The summed E-state index contributed by atoms with van der Waals surface area (Å²) in [5, 5.41) is 7.53. The molecular formula is C22H24FN3O2S. The van der Waals surface area contributed by atoms with Crippen LogP contribution in [-0.4, -0.2) is 40.4 Å². The predicted molar refractivity (Wildman–Crippen MR) is 114 cm³/mol. The number of nitrogens with zero attached hydrogens (tertiary/aromatic N) is 3. The van der Waals surface area contributed by atoms with E-state index in [2.05, 4.69) is 5.10 Å². The standard InChI is InChI=1S/C22H24FN3O2S/c1-14-3-5-17(6-4-14)26-21(27)19-15(2)29-13-18(19)20(24-26)22(28)25-11-8-16(7-10-23)9-12-25/h3-6,13,16H,7-12H2,1-2H3. The maximum Gasteiger partial charge on any atom is 0.280 e. The van der Waals surface area contributed by atoms with E-state index in [1.165, 1.54) is 16.0 Å². The van der Waals surface area contributed by atoms with Gasteiger partial charge in [0, 0.05) is 28.7 Å². The van der Waals surface area contributed by atoms with Crippen LogP contribution in [0.5, 0.6) is 0 Å². The van der Waals surface area contributed by atoms with Crippen molar-refractivity contribution in [2.24, 2.45) is 5.92 Å². The van der Waals surface area contributed by atoms with Crippen molar-refractivity contribution in [2.45, 2.75) is 33.1 Å². The van der Waals surface area contributed by atoms with Gasteiger partial charge in [-0.05, 0) is 51.2 Å². The van der Waals surface area contributed by atoms with Gasteiger partial charge in [0.1, 0.15) is 0 Å². The van der Waals surface area contributed by atoms with Gasteiger partial charge >= 0.3 is 0 Å². The Morgan fingerprint density at radius 3 is 2.55 bits per heavy atom. The Hall–Kier alpha value is -2.54. The number of rotatable bonds is 4. The molecule has 4 rings (SSSR count). The molecule has 5 nitrogen and oxygen atoms in total. The van der Waals surface area contributed by atoms with Gasteiger partial charge in [0.2, 0.25) is 0 Å². The summed E-state index contributed by atoms with van der Waals surface area (Å²) in [6, 6.07) is 7.53. The number of hydrogen-bond acceptors (Lipinski definition) is 4. The molecule has 29 heavy (non-hydrogen) atoms. The number of alkyl halides is 1. The van der Waals surface area contributed by atoms with Crippen molar-refractivity contribution in [3.8, 4) is 5.69 Å². The SMILES string of the molecule is Cc1ccc(-n2nc(C(=O)N3CCC(CCF)CC3)c3csc(C)c3c2=O)cc1. The van der Waals surface area contributed by atoms with E-state index in [-0.39, 0.29) is 18.1 Å². The first kappa shape index (κ1) is 19.8. The number of carbonyl (C=O) groups excluding carboxylic acids is 1. The Morgan fingerprint density at radius 2 is 1.90 bits per heavy atom. The highest BCUT2D eigenvalue weighted by molar-refractivity contribution is 7.11. The summed E-state index contributed by atoms with van der Waals surface area (Å²) in [6.45, 7) is 4.76. The van der Waals surface area contributed by atoms with Crippen LogP contribution in [0.25, 0.3) is 16.5 Å². The topological polar surface area (TPSA) is 55.2 Å². The molecule has 1 aliphatic rings. The van der Waals surface area contributed by atoms with E-state index >= 15 is 0 Å². The molecule has 0 atom stereocenters.